The van der Waals surface area contributed by atoms with Crippen LogP contribution in [0.4, 0.5) is 0 Å². The highest BCUT2D eigenvalue weighted by Crippen LogP contribution is 2.55. The molecule has 3 rings (SSSR count). The number of hydrogen-bond donors (Lipinski definition) is 1. The zero-order chi connectivity index (χ0) is 12.0. The van der Waals surface area contributed by atoms with E-state index in [2.05, 4.69) is 0 Å². The summed E-state index contributed by atoms with van der Waals surface area (Å²) in [5, 5.41) is 0.517. The van der Waals surface area contributed by atoms with Gasteiger partial charge < -0.3 is 19.9 Å². The number of ether oxygens (including phenoxy) is 3. The van der Waals surface area contributed by atoms with Crippen molar-refractivity contribution in [3.63, 3.8) is 0 Å². The first-order valence-corrected chi connectivity index (χ1v) is 5.99. The lowest BCUT2D eigenvalue weighted by Gasteiger charge is -2.26. The predicted molar refractivity (Wildman–Crippen MR) is 64.1 cm³/mol. The molecule has 5 heteroatoms. The molecule has 4 nitrogen and oxygen atoms in total. The summed E-state index contributed by atoms with van der Waals surface area (Å²) in [7, 11) is 1.59. The maximum absolute atomic E-state index is 6.26. The van der Waals surface area contributed by atoms with Gasteiger partial charge in [0, 0.05) is 11.6 Å². The Labute approximate surface area is 105 Å². The lowest BCUT2D eigenvalue weighted by molar-refractivity contribution is 0.167. The molecule has 0 radical (unpaired) electrons. The fourth-order valence-corrected chi connectivity index (χ4v) is 2.44. The molecular formula is C12H14ClNO3. The maximum atomic E-state index is 6.26. The van der Waals surface area contributed by atoms with Crippen molar-refractivity contribution in [2.75, 3.05) is 20.3 Å². The van der Waals surface area contributed by atoms with Crippen LogP contribution in [-0.2, 0) is 5.54 Å². The van der Waals surface area contributed by atoms with Gasteiger partial charge in [0.25, 0.3) is 0 Å². The predicted octanol–water partition coefficient (Wildman–Crippen LogP) is 2.07. The molecule has 1 aliphatic carbocycles. The molecule has 0 aromatic heterocycles. The van der Waals surface area contributed by atoms with E-state index in [-0.39, 0.29) is 5.54 Å². The van der Waals surface area contributed by atoms with E-state index in [0.717, 1.165) is 18.4 Å². The minimum absolute atomic E-state index is 0.374. The number of nitrogens with two attached hydrogens (primary N) is 1. The van der Waals surface area contributed by atoms with E-state index in [1.54, 1.807) is 13.2 Å². The molecule has 0 amide bonds. The Morgan fingerprint density at radius 3 is 2.71 bits per heavy atom. The van der Waals surface area contributed by atoms with Crippen molar-refractivity contribution in [3.8, 4) is 17.2 Å². The minimum Gasteiger partial charge on any atom is -0.495 e. The Morgan fingerprint density at radius 2 is 2.06 bits per heavy atom. The molecule has 2 N–H and O–H groups in total. The summed E-state index contributed by atoms with van der Waals surface area (Å²) in [6.45, 7) is 1.06. The molecule has 0 saturated heterocycles. The number of fused-ring (bicyclic) bond motifs is 1. The van der Waals surface area contributed by atoms with E-state index in [1.165, 1.54) is 0 Å². The highest BCUT2D eigenvalue weighted by Gasteiger charge is 2.46. The third-order valence-electron chi connectivity index (χ3n) is 3.23. The average Bonchev–Trinajstić information content (AvgIpc) is 3.06. The Balaban J connectivity index is 2.23. The Bertz CT molecular complexity index is 471. The normalized spacial score (nSPS) is 19.9. The monoisotopic (exact) mass is 255 g/mol. The topological polar surface area (TPSA) is 53.7 Å². The van der Waals surface area contributed by atoms with Crippen LogP contribution in [0.25, 0.3) is 0 Å². The quantitative estimate of drug-likeness (QED) is 0.879. The molecule has 17 heavy (non-hydrogen) atoms. The van der Waals surface area contributed by atoms with Gasteiger partial charge in [-0.15, -0.1) is 0 Å². The number of rotatable bonds is 2. The Hall–Kier alpha value is -1.13. The summed E-state index contributed by atoms with van der Waals surface area (Å²) in [6, 6.07) is 1.73. The summed E-state index contributed by atoms with van der Waals surface area (Å²) in [5.74, 6) is 1.96. The van der Waals surface area contributed by atoms with Crippen LogP contribution in [-0.4, -0.2) is 20.3 Å². The van der Waals surface area contributed by atoms with Crippen LogP contribution in [0.1, 0.15) is 18.4 Å². The van der Waals surface area contributed by atoms with Gasteiger partial charge in [-0.2, -0.15) is 0 Å². The van der Waals surface area contributed by atoms with E-state index in [1.807, 2.05) is 0 Å². The van der Waals surface area contributed by atoms with E-state index in [9.17, 15) is 0 Å². The van der Waals surface area contributed by atoms with Crippen LogP contribution < -0.4 is 19.9 Å². The molecule has 0 spiro atoms. The van der Waals surface area contributed by atoms with Crippen LogP contribution in [0.15, 0.2) is 6.07 Å². The molecular weight excluding hydrogens is 242 g/mol. The summed E-state index contributed by atoms with van der Waals surface area (Å²) < 4.78 is 16.6. The molecule has 1 aromatic carbocycles. The van der Waals surface area contributed by atoms with Gasteiger partial charge in [0.1, 0.15) is 19.0 Å². The zero-order valence-electron chi connectivity index (χ0n) is 9.59. The molecule has 0 unspecified atom stereocenters. The highest BCUT2D eigenvalue weighted by atomic mass is 35.5. The van der Waals surface area contributed by atoms with Gasteiger partial charge in [-0.25, -0.2) is 0 Å². The van der Waals surface area contributed by atoms with E-state index in [0.29, 0.717) is 35.5 Å². The lowest BCUT2D eigenvalue weighted by atomic mass is 10.0. The smallest absolute Gasteiger partial charge is 0.170 e. The van der Waals surface area contributed by atoms with Gasteiger partial charge in [0.2, 0.25) is 0 Å². The summed E-state index contributed by atoms with van der Waals surface area (Å²) in [6.07, 6.45) is 1.83. The molecule has 92 valence electrons. The third kappa shape index (κ3) is 1.63. The van der Waals surface area contributed by atoms with Crippen molar-refractivity contribution < 1.29 is 14.2 Å². The van der Waals surface area contributed by atoms with Crippen molar-refractivity contribution in [3.05, 3.63) is 16.7 Å². The summed E-state index contributed by atoms with van der Waals surface area (Å²) >= 11 is 6.18. The molecule has 0 bridgehead atoms. The standard InChI is InChI=1S/C12H14ClNO3/c1-15-10-7(13)6-8-11(17-5-4-16-8)9(10)12(14)2-3-12/h6H,2-5,14H2,1H3. The first-order chi connectivity index (χ1) is 8.15. The van der Waals surface area contributed by atoms with E-state index < -0.39 is 0 Å². The number of halogens is 1. The van der Waals surface area contributed by atoms with Crippen molar-refractivity contribution in [1.82, 2.24) is 0 Å². The van der Waals surface area contributed by atoms with Gasteiger partial charge in [-0.05, 0) is 12.8 Å². The minimum atomic E-state index is -0.374. The third-order valence-corrected chi connectivity index (χ3v) is 3.51. The average molecular weight is 256 g/mol. The summed E-state index contributed by atoms with van der Waals surface area (Å²) in [4.78, 5) is 0. The lowest BCUT2D eigenvalue weighted by Crippen LogP contribution is -2.24. The Morgan fingerprint density at radius 1 is 1.35 bits per heavy atom. The molecule has 1 heterocycles. The number of benzene rings is 1. The van der Waals surface area contributed by atoms with Crippen molar-refractivity contribution >= 4 is 11.6 Å². The molecule has 1 aliphatic heterocycles. The first-order valence-electron chi connectivity index (χ1n) is 5.61. The summed E-state index contributed by atoms with van der Waals surface area (Å²) in [5.41, 5.74) is 6.74. The molecule has 1 saturated carbocycles. The molecule has 1 fully saturated rings. The number of hydrogen-bond acceptors (Lipinski definition) is 4. The molecule has 2 aliphatic rings. The fraction of sp³-hybridized carbons (Fsp3) is 0.500. The maximum Gasteiger partial charge on any atom is 0.170 e. The van der Waals surface area contributed by atoms with Crippen molar-refractivity contribution in [2.24, 2.45) is 5.73 Å². The van der Waals surface area contributed by atoms with E-state index >= 15 is 0 Å². The van der Waals surface area contributed by atoms with Crippen LogP contribution in [0.2, 0.25) is 5.02 Å². The largest absolute Gasteiger partial charge is 0.495 e. The Kier molecular flexibility index (Phi) is 2.38. The van der Waals surface area contributed by atoms with Crippen molar-refractivity contribution in [1.29, 1.82) is 0 Å². The van der Waals surface area contributed by atoms with Gasteiger partial charge in [-0.3, -0.25) is 0 Å². The van der Waals surface area contributed by atoms with Gasteiger partial charge in [0.15, 0.2) is 11.5 Å². The van der Waals surface area contributed by atoms with Crippen LogP contribution in [0, 0.1) is 0 Å². The van der Waals surface area contributed by atoms with Gasteiger partial charge in [-0.1, -0.05) is 11.6 Å². The highest BCUT2D eigenvalue weighted by molar-refractivity contribution is 6.32. The number of methoxy groups -OCH3 is 1. The van der Waals surface area contributed by atoms with Gasteiger partial charge in [0.05, 0.1) is 17.7 Å². The zero-order valence-corrected chi connectivity index (χ0v) is 10.3. The fourth-order valence-electron chi connectivity index (χ4n) is 2.17. The van der Waals surface area contributed by atoms with E-state index in [4.69, 9.17) is 31.5 Å². The van der Waals surface area contributed by atoms with Crippen LogP contribution >= 0.6 is 11.6 Å². The second-order valence-corrected chi connectivity index (χ2v) is 4.85. The second-order valence-electron chi connectivity index (χ2n) is 4.45. The SMILES string of the molecule is COc1c(Cl)cc2c(c1C1(N)CC1)OCCO2. The second kappa shape index (κ2) is 3.68. The van der Waals surface area contributed by atoms with Gasteiger partial charge >= 0.3 is 0 Å². The van der Waals surface area contributed by atoms with Crippen molar-refractivity contribution in [2.45, 2.75) is 18.4 Å². The molecule has 1 aromatic rings. The first kappa shape index (κ1) is 11.0. The van der Waals surface area contributed by atoms with Crippen LogP contribution in [0.3, 0.4) is 0 Å². The van der Waals surface area contributed by atoms with Crippen LogP contribution in [0.5, 0.6) is 17.2 Å². The molecule has 0 atom stereocenters.